The van der Waals surface area contributed by atoms with Gasteiger partial charge in [0.25, 0.3) is 5.56 Å². The molecule has 7 rings (SSSR count). The number of fused-ring (bicyclic) bond motifs is 5. The molecule has 2 aromatic carbocycles. The number of amides is 6. The number of aromatic nitrogens is 2. The number of esters is 1. The van der Waals surface area contributed by atoms with E-state index in [2.05, 4.69) is 26.0 Å². The molecule has 64 heavy (non-hydrogen) atoms. The molecule has 350 valence electrons. The Balaban J connectivity index is 0.000000286. The average Bonchev–Trinajstić information content (AvgIpc) is 3.64. The Morgan fingerprint density at radius 3 is 2.30 bits per heavy atom. The SMILES string of the molecule is CC.CC(C)C(N[C-]=O)C(=O)NCC(=O)Nc1ccc(COC(N)=O)cc1.CCCNC(N)=O.Cc1c(F)cc2nc3c(c4c2c1CCC4)Cn1c-3cc2c(c1=O)COC(=O)C2O.[Fm]. The summed E-state index contributed by atoms with van der Waals surface area (Å²) < 4.78 is 25.7. The first kappa shape index (κ1) is 50.5. The Morgan fingerprint density at radius 2 is 1.70 bits per heavy atom. The van der Waals surface area contributed by atoms with Gasteiger partial charge in [0.15, 0.2) is 6.10 Å². The molecule has 6 amide bonds. The van der Waals surface area contributed by atoms with Crippen LogP contribution in [0, 0.1) is 18.7 Å². The molecule has 1 aliphatic carbocycles. The van der Waals surface area contributed by atoms with Crippen molar-refractivity contribution in [2.24, 2.45) is 17.4 Å². The molecule has 2 atom stereocenters. The predicted molar refractivity (Wildman–Crippen MR) is 231 cm³/mol. The van der Waals surface area contributed by atoms with Gasteiger partial charge >= 0.3 is 18.1 Å². The number of primary amides is 2. The van der Waals surface area contributed by atoms with E-state index in [0.29, 0.717) is 52.4 Å². The molecule has 0 spiro atoms. The van der Waals surface area contributed by atoms with Crippen molar-refractivity contribution >= 4 is 52.9 Å². The maximum atomic E-state index is 14.5. The minimum atomic E-state index is -1.48. The summed E-state index contributed by atoms with van der Waals surface area (Å²) in [6.45, 7) is 12.0. The summed E-state index contributed by atoms with van der Waals surface area (Å²) in [5.74, 6) is -2.06. The third-order valence-electron chi connectivity index (χ3n) is 10.3. The zero-order valence-electron chi connectivity index (χ0n) is 36.4. The summed E-state index contributed by atoms with van der Waals surface area (Å²) in [7, 11) is 0. The number of rotatable bonds is 11. The van der Waals surface area contributed by atoms with Gasteiger partial charge in [-0.15, -0.1) is 0 Å². The number of hydrogen-bond acceptors (Lipinski definition) is 11. The molecule has 9 N–H and O–H groups in total. The maximum Gasteiger partial charge on any atom is 0.404 e. The average molecular weight is 1130 g/mol. The van der Waals surface area contributed by atoms with Gasteiger partial charge < -0.3 is 56.7 Å². The number of aliphatic hydroxyl groups is 1. The number of carbonyl (C=O) groups excluding carboxylic acids is 6. The van der Waals surface area contributed by atoms with Crippen molar-refractivity contribution in [2.45, 2.75) is 99.1 Å². The van der Waals surface area contributed by atoms with Crippen LogP contribution in [-0.4, -0.2) is 70.1 Å². The first-order valence-electron chi connectivity index (χ1n) is 20.6. The van der Waals surface area contributed by atoms with E-state index in [1.165, 1.54) is 12.5 Å². The Hall–Kier alpha value is -7.89. The van der Waals surface area contributed by atoms with Gasteiger partial charge in [0, 0.05) is 34.8 Å². The van der Waals surface area contributed by atoms with Crippen LogP contribution in [0.1, 0.15) is 92.5 Å². The quantitative estimate of drug-likeness (QED) is 0.0571. The van der Waals surface area contributed by atoms with E-state index in [1.54, 1.807) is 55.7 Å². The van der Waals surface area contributed by atoms with Crippen LogP contribution in [0.2, 0.25) is 0 Å². The van der Waals surface area contributed by atoms with Crippen molar-refractivity contribution in [3.8, 4) is 11.4 Å². The Morgan fingerprint density at radius 1 is 1.03 bits per heavy atom. The number of anilines is 1. The van der Waals surface area contributed by atoms with E-state index in [0.717, 1.165) is 47.8 Å². The molecule has 2 unspecified atom stereocenters. The molecule has 18 nitrogen and oxygen atoms in total. The van der Waals surface area contributed by atoms with Crippen LogP contribution >= 0.6 is 0 Å². The Kier molecular flexibility index (Phi) is 18.0. The second-order valence-corrected chi connectivity index (χ2v) is 14.8. The minimum absolute atomic E-state index is 0. The number of ether oxygens (including phenoxy) is 2. The van der Waals surface area contributed by atoms with Crippen LogP contribution in [0.4, 0.5) is 19.7 Å². The van der Waals surface area contributed by atoms with Gasteiger partial charge in [0.1, 0.15) is 19.0 Å². The van der Waals surface area contributed by atoms with Crippen molar-refractivity contribution in [2.75, 3.05) is 18.4 Å². The van der Waals surface area contributed by atoms with Crippen LogP contribution in [0.3, 0.4) is 0 Å². The summed E-state index contributed by atoms with van der Waals surface area (Å²) in [6, 6.07) is 8.50. The van der Waals surface area contributed by atoms with E-state index in [4.69, 9.17) is 21.2 Å². The molecule has 3 aliphatic rings. The molecule has 0 saturated heterocycles. The number of urea groups is 1. The van der Waals surface area contributed by atoms with Crippen LogP contribution in [-0.2, 0) is 61.3 Å². The molecule has 4 heterocycles. The molecule has 2 aromatic heterocycles. The van der Waals surface area contributed by atoms with E-state index in [1.807, 2.05) is 20.8 Å². The summed E-state index contributed by atoms with van der Waals surface area (Å²) in [5, 5.41) is 21.0. The van der Waals surface area contributed by atoms with Crippen LogP contribution in [0.25, 0.3) is 22.3 Å². The first-order chi connectivity index (χ1) is 30.1. The van der Waals surface area contributed by atoms with Crippen LogP contribution in [0.5, 0.6) is 0 Å². The molecule has 0 bridgehead atoms. The smallest absolute Gasteiger partial charge is 0.404 e. The predicted octanol–water partition coefficient (Wildman–Crippen LogP) is 3.56. The van der Waals surface area contributed by atoms with Gasteiger partial charge in [0.05, 0.1) is 41.6 Å². The third-order valence-corrected chi connectivity index (χ3v) is 10.3. The zero-order valence-corrected chi connectivity index (χ0v) is 38.8. The summed E-state index contributed by atoms with van der Waals surface area (Å²) in [6.07, 6.45) is 2.66. The van der Waals surface area contributed by atoms with Crippen LogP contribution in [0.15, 0.2) is 41.2 Å². The van der Waals surface area contributed by atoms with Crippen molar-refractivity contribution < 1.29 is 47.7 Å². The van der Waals surface area contributed by atoms with E-state index in [9.17, 15) is 43.1 Å². The van der Waals surface area contributed by atoms with Crippen molar-refractivity contribution in [3.63, 3.8) is 0 Å². The van der Waals surface area contributed by atoms with Crippen LogP contribution < -0.4 is 38.3 Å². The zero-order chi connectivity index (χ0) is 46.5. The van der Waals surface area contributed by atoms with Gasteiger partial charge in [-0.25, -0.2) is 23.8 Å². The Labute approximate surface area is 363 Å². The van der Waals surface area contributed by atoms with Gasteiger partial charge in [-0.2, -0.15) is 6.41 Å². The minimum Gasteiger partial charge on any atom is -0.520 e. The number of carbonyl (C=O) groups is 5. The second kappa shape index (κ2) is 22.8. The molecule has 20 heteroatoms. The number of pyridine rings is 2. The molecule has 0 radical (unpaired) electrons. The molecule has 0 saturated carbocycles. The van der Waals surface area contributed by atoms with Crippen molar-refractivity contribution in [1.82, 2.24) is 25.5 Å². The van der Waals surface area contributed by atoms with Gasteiger partial charge in [-0.3, -0.25) is 14.4 Å². The molecule has 4 aromatic rings. The molecular formula is C44H54FFmN8O10-. The summed E-state index contributed by atoms with van der Waals surface area (Å²) >= 11 is 0. The number of hydrogen-bond donors (Lipinski definition) is 7. The largest absolute Gasteiger partial charge is 0.520 e. The molecule has 0 fully saturated rings. The topological polar surface area (TPSA) is 276 Å². The van der Waals surface area contributed by atoms with E-state index >= 15 is 0 Å². The fraction of sp³-hybridized carbons (Fsp3) is 0.409. The van der Waals surface area contributed by atoms with Crippen molar-refractivity contribution in [3.05, 3.63) is 91.5 Å². The standard InChI is InChI=1S/C22H17FN2O4.C16H21N4O5.C4H10N2O.C2H6.Fm/c1-9-10-3-2-4-11-13-7-25-17(19(13)24-16(18(10)11)6-15(9)23)5-12-14(21(25)27)8-29-22(28)20(12)26;1-10(2)14(19-9-21)15(23)18-7-13(22)20-12-5-3-11(4-6-12)8-25-16(17)24;1-2-3-6-4(5)7;1-2;/h5-6,20,26H,2-4,7-8H2,1H3;3-6,10,14H,7-8H2,1-2H3,(H2,17,24)(H,18,23)(H,19,21)(H,20,22);2-3H2,1H3,(H3,5,6,7);1-2H3;/q;-1;;;. The fourth-order valence-corrected chi connectivity index (χ4v) is 7.23. The third kappa shape index (κ3) is 11.7. The fourth-order valence-electron chi connectivity index (χ4n) is 7.23. The number of halogens is 1. The number of aryl methyl sites for hydroxylation is 2. The van der Waals surface area contributed by atoms with E-state index in [-0.39, 0.29) is 42.6 Å². The number of aliphatic hydroxyl groups excluding tert-OH is 1. The second-order valence-electron chi connectivity index (χ2n) is 14.8. The Bertz CT molecular complexity index is 2430. The number of benzene rings is 2. The van der Waals surface area contributed by atoms with E-state index < -0.39 is 42.1 Å². The van der Waals surface area contributed by atoms with Crippen molar-refractivity contribution in [1.29, 1.82) is 0 Å². The summed E-state index contributed by atoms with van der Waals surface area (Å²) in [5.41, 5.74) is 16.7. The number of nitrogens with two attached hydrogens (primary N) is 2. The normalized spacial score (nSPS) is 14.0. The van der Waals surface area contributed by atoms with Gasteiger partial charge in [0.2, 0.25) is 11.8 Å². The molecular weight excluding hydrogens is 1080 g/mol. The number of cyclic esters (lactones) is 1. The summed E-state index contributed by atoms with van der Waals surface area (Å²) in [4.78, 5) is 84.1. The number of nitrogens with zero attached hydrogens (tertiary/aromatic N) is 2. The first-order valence-corrected chi connectivity index (χ1v) is 20.6. The van der Waals surface area contributed by atoms with Gasteiger partial charge in [-0.05, 0) is 79.0 Å². The number of nitrogens with one attached hydrogen (secondary N) is 4. The monoisotopic (exact) mass is 1130 g/mol. The van der Waals surface area contributed by atoms with Gasteiger partial charge in [-0.1, -0.05) is 46.8 Å². The maximum absolute atomic E-state index is 14.5. The molecule has 2 aliphatic heterocycles.